The minimum Gasteiger partial charge on any atom is -0.453 e. The molecule has 13 aromatic rings. The van der Waals surface area contributed by atoms with E-state index in [2.05, 4.69) is 217 Å². The Morgan fingerprint density at radius 1 is 0.348 bits per heavy atom. The summed E-state index contributed by atoms with van der Waals surface area (Å²) in [6, 6.07) is 75.5. The molecule has 0 atom stereocenters. The second kappa shape index (κ2) is 14.2. The van der Waals surface area contributed by atoms with Crippen LogP contribution in [0.15, 0.2) is 218 Å². The molecule has 4 aromatic heterocycles. The molecule has 0 bridgehead atoms. The zero-order valence-corrected chi connectivity index (χ0v) is 35.3. The molecule has 9 heteroatoms. The van der Waals surface area contributed by atoms with Crippen molar-refractivity contribution >= 4 is 67.0 Å². The quantitative estimate of drug-likeness (QED) is 0.167. The number of fused-ring (bicyclic) bond motifs is 9. The van der Waals surface area contributed by atoms with Gasteiger partial charge in [-0.1, -0.05) is 146 Å². The molecule has 1 aliphatic rings. The van der Waals surface area contributed by atoms with Crippen LogP contribution in [0.2, 0.25) is 0 Å². The smallest absolute Gasteiger partial charge is 0.220 e. The average molecular weight is 849 g/mol. The summed E-state index contributed by atoms with van der Waals surface area (Å²) >= 11 is 0. The van der Waals surface area contributed by atoms with Gasteiger partial charge >= 0.3 is 0 Å². The lowest BCUT2D eigenvalue weighted by Gasteiger charge is -2.33. The van der Waals surface area contributed by atoms with E-state index in [4.69, 9.17) is 19.7 Å². The Kier molecular flexibility index (Phi) is 7.78. The third-order valence-electron chi connectivity index (χ3n) is 12.7. The summed E-state index contributed by atoms with van der Waals surface area (Å²) in [5.74, 6) is 3.83. The van der Waals surface area contributed by atoms with Gasteiger partial charge in [-0.05, 0) is 72.8 Å². The maximum atomic E-state index is 6.71. The molecule has 0 fully saturated rings. The van der Waals surface area contributed by atoms with E-state index in [0.29, 0.717) is 0 Å². The van der Waals surface area contributed by atoms with E-state index in [1.54, 1.807) is 0 Å². The fourth-order valence-electron chi connectivity index (χ4n) is 9.99. The Morgan fingerprint density at radius 3 is 1.36 bits per heavy atom. The maximum absolute atomic E-state index is 6.71. The number of anilines is 3. The lowest BCUT2D eigenvalue weighted by atomic mass is 10.1. The van der Waals surface area contributed by atoms with Crippen LogP contribution in [0.25, 0.3) is 89.7 Å². The molecule has 0 radical (unpaired) electrons. The summed E-state index contributed by atoms with van der Waals surface area (Å²) in [5.41, 5.74) is 14.6. The largest absolute Gasteiger partial charge is 0.453 e. The van der Waals surface area contributed by atoms with Crippen LogP contribution in [-0.4, -0.2) is 33.1 Å². The van der Waals surface area contributed by atoms with Crippen molar-refractivity contribution in [1.82, 2.24) is 33.1 Å². The summed E-state index contributed by atoms with van der Waals surface area (Å²) in [6.45, 7) is 0. The van der Waals surface area contributed by atoms with Crippen LogP contribution < -0.4 is 9.64 Å². The lowest BCUT2D eigenvalue weighted by Crippen LogP contribution is -2.18. The zero-order valence-electron chi connectivity index (χ0n) is 35.3. The number of ether oxygens (including phenoxy) is 1. The monoisotopic (exact) mass is 848 g/mol. The average Bonchev–Trinajstić information content (AvgIpc) is 4.16. The number of benzene rings is 9. The third-order valence-corrected chi connectivity index (χ3v) is 12.7. The van der Waals surface area contributed by atoms with Gasteiger partial charge in [-0.2, -0.15) is 0 Å². The zero-order chi connectivity index (χ0) is 43.3. The number of hydrogen-bond donors (Lipinski definition) is 0. The van der Waals surface area contributed by atoms with Crippen LogP contribution in [0.4, 0.5) is 17.1 Å². The van der Waals surface area contributed by atoms with Crippen molar-refractivity contribution in [3.63, 3.8) is 0 Å². The van der Waals surface area contributed by atoms with Crippen molar-refractivity contribution in [2.45, 2.75) is 0 Å². The summed E-state index contributed by atoms with van der Waals surface area (Å²) in [6.07, 6.45) is 0. The van der Waals surface area contributed by atoms with Crippen molar-refractivity contribution in [3.05, 3.63) is 218 Å². The first-order chi connectivity index (χ1) is 32.8. The molecule has 0 spiro atoms. The molecule has 66 heavy (non-hydrogen) atoms. The summed E-state index contributed by atoms with van der Waals surface area (Å²) in [4.78, 5) is 19.6. The van der Waals surface area contributed by atoms with E-state index < -0.39 is 0 Å². The lowest BCUT2D eigenvalue weighted by molar-refractivity contribution is 0.477. The van der Waals surface area contributed by atoms with Crippen molar-refractivity contribution in [1.29, 1.82) is 0 Å². The molecule has 1 aliphatic heterocycles. The topological polar surface area (TPSA) is 70.3 Å². The van der Waals surface area contributed by atoms with E-state index >= 15 is 0 Å². The van der Waals surface area contributed by atoms with Crippen molar-refractivity contribution in [3.8, 4) is 51.3 Å². The SMILES string of the molecule is c1ccc(-c2nc3c(-n4c5ccccc5n5c6ccccc6nc45)c4c(nc(-c5ccccc5)n4-c4ccccc4)c(N4c5ccccc5Oc5ccccc54)c3n2-c2ccccc2)cc1. The van der Waals surface area contributed by atoms with Crippen LogP contribution in [-0.2, 0) is 0 Å². The van der Waals surface area contributed by atoms with Crippen LogP contribution in [0.1, 0.15) is 0 Å². The highest BCUT2D eigenvalue weighted by Crippen LogP contribution is 2.56. The highest BCUT2D eigenvalue weighted by molar-refractivity contribution is 6.19. The van der Waals surface area contributed by atoms with Gasteiger partial charge in [-0.25, -0.2) is 15.0 Å². The first-order valence-corrected chi connectivity index (χ1v) is 22.1. The first kappa shape index (κ1) is 36.3. The summed E-state index contributed by atoms with van der Waals surface area (Å²) < 4.78 is 15.9. The fourth-order valence-corrected chi connectivity index (χ4v) is 9.99. The van der Waals surface area contributed by atoms with Crippen LogP contribution in [0, 0.1) is 0 Å². The predicted molar refractivity (Wildman–Crippen MR) is 264 cm³/mol. The Morgan fingerprint density at radius 2 is 0.788 bits per heavy atom. The molecule has 0 saturated heterocycles. The highest BCUT2D eigenvalue weighted by Gasteiger charge is 2.37. The van der Waals surface area contributed by atoms with Gasteiger partial charge in [0.05, 0.1) is 33.4 Å². The van der Waals surface area contributed by atoms with Gasteiger partial charge in [0, 0.05) is 22.5 Å². The normalized spacial score (nSPS) is 12.3. The van der Waals surface area contributed by atoms with E-state index in [1.807, 2.05) is 24.3 Å². The Hall–Kier alpha value is -9.21. The molecule has 0 saturated carbocycles. The minimum absolute atomic E-state index is 0.739. The van der Waals surface area contributed by atoms with Gasteiger partial charge in [-0.15, -0.1) is 0 Å². The molecule has 0 unspecified atom stereocenters. The highest BCUT2D eigenvalue weighted by atomic mass is 16.5. The number of rotatable bonds is 6. The van der Waals surface area contributed by atoms with E-state index in [-0.39, 0.29) is 0 Å². The molecule has 0 aliphatic carbocycles. The van der Waals surface area contributed by atoms with E-state index in [1.165, 1.54) is 0 Å². The van der Waals surface area contributed by atoms with Gasteiger partial charge in [0.15, 0.2) is 11.5 Å². The number of para-hydroxylation sites is 10. The molecular formula is C57H36N8O. The first-order valence-electron chi connectivity index (χ1n) is 22.1. The molecule has 9 aromatic carbocycles. The van der Waals surface area contributed by atoms with E-state index in [9.17, 15) is 0 Å². The molecular weight excluding hydrogens is 813 g/mol. The Balaban J connectivity index is 1.30. The number of imidazole rings is 4. The molecule has 0 amide bonds. The van der Waals surface area contributed by atoms with Gasteiger partial charge in [0.1, 0.15) is 45.1 Å². The molecule has 0 N–H and O–H groups in total. The molecule has 310 valence electrons. The number of nitrogens with zero attached hydrogens (tertiary/aromatic N) is 8. The molecule has 9 nitrogen and oxygen atoms in total. The third kappa shape index (κ3) is 5.19. The van der Waals surface area contributed by atoms with E-state index in [0.717, 1.165) is 118 Å². The van der Waals surface area contributed by atoms with Crippen LogP contribution in [0.3, 0.4) is 0 Å². The van der Waals surface area contributed by atoms with Gasteiger partial charge < -0.3 is 4.74 Å². The van der Waals surface area contributed by atoms with Gasteiger partial charge in [-0.3, -0.25) is 23.0 Å². The number of aromatic nitrogens is 7. The van der Waals surface area contributed by atoms with Crippen molar-refractivity contribution < 1.29 is 4.74 Å². The van der Waals surface area contributed by atoms with Crippen LogP contribution in [0.5, 0.6) is 11.5 Å². The predicted octanol–water partition coefficient (Wildman–Crippen LogP) is 14.0. The Bertz CT molecular complexity index is 3940. The van der Waals surface area contributed by atoms with Gasteiger partial charge in [0.2, 0.25) is 5.78 Å². The fraction of sp³-hybridized carbons (Fsp3) is 0. The second-order valence-electron chi connectivity index (χ2n) is 16.5. The standard InChI is InChI=1S/C57H36N8O/c1-5-21-37(22-6-1)55-59-49-52(62(55)40-27-11-4-12-28-40)54(65-44-32-16-15-31-43(44)64-42-30-14-13-29-41(42)58-57(64)65)50-51(61(39-25-9-3-10-26-39)56(60-50)38-23-7-2-8-24-38)53(49)63-45-33-17-19-35-47(45)66-48-36-20-18-34-46(48)63/h1-36H. The van der Waals surface area contributed by atoms with Crippen molar-refractivity contribution in [2.24, 2.45) is 0 Å². The second-order valence-corrected chi connectivity index (χ2v) is 16.5. The van der Waals surface area contributed by atoms with Crippen molar-refractivity contribution in [2.75, 3.05) is 4.90 Å². The number of hydrogen-bond acceptors (Lipinski definition) is 5. The summed E-state index contributed by atoms with van der Waals surface area (Å²) in [7, 11) is 0. The Labute approximate surface area is 377 Å². The maximum Gasteiger partial charge on any atom is 0.220 e. The van der Waals surface area contributed by atoms with Crippen LogP contribution >= 0.6 is 0 Å². The molecule has 14 rings (SSSR count). The van der Waals surface area contributed by atoms with Gasteiger partial charge in [0.25, 0.3) is 0 Å². The molecule has 5 heterocycles. The summed E-state index contributed by atoms with van der Waals surface area (Å²) in [5, 5.41) is 0. The minimum atomic E-state index is 0.739.